The van der Waals surface area contributed by atoms with Crippen LogP contribution in [-0.4, -0.2) is 46.6 Å². The van der Waals surface area contributed by atoms with Crippen LogP contribution in [0.1, 0.15) is 79.1 Å². The summed E-state index contributed by atoms with van der Waals surface area (Å²) in [6, 6.07) is 0. The van der Waals surface area contributed by atoms with Crippen LogP contribution >= 0.6 is 0 Å². The van der Waals surface area contributed by atoms with Crippen molar-refractivity contribution in [1.82, 2.24) is 0 Å². The van der Waals surface area contributed by atoms with E-state index >= 15 is 0 Å². The number of allylic oxidation sites excluding steroid dienone is 2. The predicted molar refractivity (Wildman–Crippen MR) is 122 cm³/mol. The van der Waals surface area contributed by atoms with E-state index < -0.39 is 17.6 Å². The number of rotatable bonds is 8. The SMILES string of the molecule is CCCC(C)(CC)C(=O)O[C@H]1C[C@H](O)C=C2C=CC[C@@H]([C@@H](C)C[C@@H]3C[C@@H](O)CC(=O)O3)[C@H]21. The van der Waals surface area contributed by atoms with Gasteiger partial charge in [-0.05, 0) is 50.0 Å². The fourth-order valence-electron chi connectivity index (χ4n) is 5.76. The second kappa shape index (κ2) is 10.5. The van der Waals surface area contributed by atoms with E-state index in [0.29, 0.717) is 19.3 Å². The number of aliphatic hydroxyl groups is 2. The van der Waals surface area contributed by atoms with Gasteiger partial charge in [-0.15, -0.1) is 0 Å². The average molecular weight is 449 g/mol. The molecule has 0 aromatic rings. The number of carbonyl (C=O) groups excluding carboxylic acids is 2. The summed E-state index contributed by atoms with van der Waals surface area (Å²) in [6.07, 6.45) is 8.97. The minimum Gasteiger partial charge on any atom is -0.462 e. The molecule has 0 radical (unpaired) electrons. The maximum Gasteiger partial charge on any atom is 0.312 e. The summed E-state index contributed by atoms with van der Waals surface area (Å²) in [4.78, 5) is 24.9. The minimum absolute atomic E-state index is 0.00861. The Hall–Kier alpha value is -1.66. The fourth-order valence-corrected chi connectivity index (χ4v) is 5.76. The highest BCUT2D eigenvalue weighted by molar-refractivity contribution is 5.76. The van der Waals surface area contributed by atoms with Crippen LogP contribution in [0, 0.1) is 23.2 Å². The van der Waals surface area contributed by atoms with Crippen LogP contribution in [0.2, 0.25) is 0 Å². The Morgan fingerprint density at radius 2 is 2.06 bits per heavy atom. The van der Waals surface area contributed by atoms with Crippen molar-refractivity contribution in [1.29, 1.82) is 0 Å². The zero-order valence-electron chi connectivity index (χ0n) is 20.0. The minimum atomic E-state index is -0.640. The van der Waals surface area contributed by atoms with Gasteiger partial charge in [-0.25, -0.2) is 0 Å². The molecule has 0 amide bonds. The third-order valence-electron chi connectivity index (χ3n) is 7.76. The number of fused-ring (bicyclic) bond motifs is 1. The van der Waals surface area contributed by atoms with Crippen molar-refractivity contribution in [2.24, 2.45) is 23.2 Å². The third-order valence-corrected chi connectivity index (χ3v) is 7.76. The molecule has 0 saturated carbocycles. The van der Waals surface area contributed by atoms with Gasteiger partial charge < -0.3 is 19.7 Å². The van der Waals surface area contributed by atoms with Gasteiger partial charge in [0, 0.05) is 18.8 Å². The summed E-state index contributed by atoms with van der Waals surface area (Å²) in [7, 11) is 0. The van der Waals surface area contributed by atoms with Crippen molar-refractivity contribution in [3.8, 4) is 0 Å². The highest BCUT2D eigenvalue weighted by Gasteiger charge is 2.44. The van der Waals surface area contributed by atoms with Crippen molar-refractivity contribution in [3.63, 3.8) is 0 Å². The molecule has 180 valence electrons. The number of hydrogen-bond acceptors (Lipinski definition) is 6. The predicted octanol–water partition coefficient (Wildman–Crippen LogP) is 4.09. The third kappa shape index (κ3) is 5.63. The standard InChI is InChI=1S/C26H40O6/c1-5-10-26(4,6-2)25(30)32-22-14-18(27)12-17-8-7-9-21(24(17)22)16(3)11-20-13-19(28)15-23(29)31-20/h7-8,12,16,18-22,24,27-28H,5-6,9-11,13-15H2,1-4H3/t16-,18+,19+,20+,21-,22-,24-,26?/m0/s1. The summed E-state index contributed by atoms with van der Waals surface area (Å²) in [6.45, 7) is 8.21. The lowest BCUT2D eigenvalue weighted by Gasteiger charge is -2.44. The van der Waals surface area contributed by atoms with Gasteiger partial charge in [0.05, 0.1) is 24.0 Å². The Balaban J connectivity index is 1.77. The molecule has 1 aliphatic heterocycles. The van der Waals surface area contributed by atoms with Crippen molar-refractivity contribution < 1.29 is 29.3 Å². The monoisotopic (exact) mass is 448 g/mol. The molecule has 1 unspecified atom stereocenters. The van der Waals surface area contributed by atoms with E-state index in [4.69, 9.17) is 9.47 Å². The molecule has 6 nitrogen and oxygen atoms in total. The lowest BCUT2D eigenvalue weighted by Crippen LogP contribution is -2.45. The van der Waals surface area contributed by atoms with Crippen LogP contribution < -0.4 is 0 Å². The summed E-state index contributed by atoms with van der Waals surface area (Å²) >= 11 is 0. The molecule has 32 heavy (non-hydrogen) atoms. The van der Waals surface area contributed by atoms with Crippen molar-refractivity contribution in [3.05, 3.63) is 23.8 Å². The molecule has 0 bridgehead atoms. The van der Waals surface area contributed by atoms with Crippen LogP contribution in [0.25, 0.3) is 0 Å². The summed E-state index contributed by atoms with van der Waals surface area (Å²) in [5.41, 5.74) is 0.512. The second-order valence-corrected chi connectivity index (χ2v) is 10.3. The molecule has 1 fully saturated rings. The first-order valence-corrected chi connectivity index (χ1v) is 12.3. The Morgan fingerprint density at radius 1 is 1.31 bits per heavy atom. The number of carbonyl (C=O) groups is 2. The van der Waals surface area contributed by atoms with Crippen LogP contribution in [0.15, 0.2) is 23.8 Å². The number of esters is 2. The fraction of sp³-hybridized carbons (Fsp3) is 0.769. The van der Waals surface area contributed by atoms with E-state index in [-0.39, 0.29) is 48.3 Å². The molecule has 6 heteroatoms. The van der Waals surface area contributed by atoms with Crippen LogP contribution in [0.4, 0.5) is 0 Å². The number of aliphatic hydroxyl groups excluding tert-OH is 2. The van der Waals surface area contributed by atoms with Crippen molar-refractivity contribution in [2.75, 3.05) is 0 Å². The van der Waals surface area contributed by atoms with Gasteiger partial charge in [0.2, 0.25) is 0 Å². The number of cyclic esters (lactones) is 1. The number of ether oxygens (including phenoxy) is 2. The Kier molecular flexibility index (Phi) is 8.21. The van der Waals surface area contributed by atoms with Crippen LogP contribution in [0.5, 0.6) is 0 Å². The van der Waals surface area contributed by atoms with E-state index in [9.17, 15) is 19.8 Å². The van der Waals surface area contributed by atoms with Crippen LogP contribution in [-0.2, 0) is 19.1 Å². The van der Waals surface area contributed by atoms with Gasteiger partial charge in [0.15, 0.2) is 0 Å². The lowest BCUT2D eigenvalue weighted by atomic mass is 9.66. The molecular weight excluding hydrogens is 408 g/mol. The van der Waals surface area contributed by atoms with Gasteiger partial charge in [-0.3, -0.25) is 9.59 Å². The first-order valence-electron chi connectivity index (χ1n) is 12.3. The van der Waals surface area contributed by atoms with E-state index in [1.165, 1.54) is 0 Å². The van der Waals surface area contributed by atoms with Gasteiger partial charge in [0.25, 0.3) is 0 Å². The topological polar surface area (TPSA) is 93.1 Å². The first-order chi connectivity index (χ1) is 15.2. The van der Waals surface area contributed by atoms with Crippen molar-refractivity contribution >= 4 is 11.9 Å². The molecular formula is C26H40O6. The zero-order valence-corrected chi connectivity index (χ0v) is 20.0. The highest BCUT2D eigenvalue weighted by atomic mass is 16.6. The van der Waals surface area contributed by atoms with Crippen molar-refractivity contribution in [2.45, 2.75) is 103 Å². The normalized spacial score (nSPS) is 35.2. The average Bonchev–Trinajstić information content (AvgIpc) is 2.72. The largest absolute Gasteiger partial charge is 0.462 e. The molecule has 3 aliphatic rings. The molecule has 2 N–H and O–H groups in total. The second-order valence-electron chi connectivity index (χ2n) is 10.3. The van der Waals surface area contributed by atoms with E-state index in [2.05, 4.69) is 19.9 Å². The molecule has 0 aromatic carbocycles. The molecule has 2 aliphatic carbocycles. The summed E-state index contributed by atoms with van der Waals surface area (Å²) in [5.74, 6) is -0.109. The van der Waals surface area contributed by atoms with Crippen LogP contribution in [0.3, 0.4) is 0 Å². The van der Waals surface area contributed by atoms with E-state index in [0.717, 1.165) is 31.3 Å². The molecule has 1 saturated heterocycles. The number of hydrogen-bond donors (Lipinski definition) is 2. The zero-order chi connectivity index (χ0) is 23.5. The summed E-state index contributed by atoms with van der Waals surface area (Å²) in [5, 5.41) is 20.4. The van der Waals surface area contributed by atoms with Gasteiger partial charge in [-0.1, -0.05) is 45.4 Å². The quantitative estimate of drug-likeness (QED) is 0.543. The Labute approximate surface area is 192 Å². The Morgan fingerprint density at radius 3 is 2.72 bits per heavy atom. The molecule has 8 atom stereocenters. The van der Waals surface area contributed by atoms with E-state index in [1.54, 1.807) is 0 Å². The highest BCUT2D eigenvalue weighted by Crippen LogP contribution is 2.45. The van der Waals surface area contributed by atoms with Gasteiger partial charge >= 0.3 is 11.9 Å². The lowest BCUT2D eigenvalue weighted by molar-refractivity contribution is -0.168. The molecule has 0 spiro atoms. The maximum absolute atomic E-state index is 13.2. The van der Waals surface area contributed by atoms with E-state index in [1.807, 2.05) is 26.0 Å². The molecule has 0 aromatic heterocycles. The van der Waals surface area contributed by atoms with Gasteiger partial charge in [-0.2, -0.15) is 0 Å². The Bertz CT molecular complexity index is 743. The summed E-state index contributed by atoms with van der Waals surface area (Å²) < 4.78 is 11.6. The first kappa shape index (κ1) is 25.0. The molecule has 1 heterocycles. The van der Waals surface area contributed by atoms with Gasteiger partial charge in [0.1, 0.15) is 12.2 Å². The smallest absolute Gasteiger partial charge is 0.312 e. The maximum atomic E-state index is 13.2. The molecule has 3 rings (SSSR count).